The van der Waals surface area contributed by atoms with Crippen LogP contribution in [0.2, 0.25) is 0 Å². The molecule has 0 spiro atoms. The Bertz CT molecular complexity index is 204. The Morgan fingerprint density at radius 3 is 2.90 bits per heavy atom. The maximum Gasteiger partial charge on any atom is 0.230 e. The quantitative estimate of drug-likeness (QED) is 0.548. The molecule has 10 heavy (non-hydrogen) atoms. The maximum absolute atomic E-state index is 12.6. The number of aliphatic hydroxyl groups is 1. The van der Waals surface area contributed by atoms with Gasteiger partial charge in [-0.05, 0) is 6.08 Å². The fraction of sp³-hybridized carbons (Fsp3) is 0.286. The second-order valence-electron chi connectivity index (χ2n) is 2.19. The summed E-state index contributed by atoms with van der Waals surface area (Å²) >= 11 is 0. The van der Waals surface area contributed by atoms with Gasteiger partial charge < -0.3 is 5.11 Å². The van der Waals surface area contributed by atoms with Crippen LogP contribution < -0.4 is 0 Å². The number of rotatable bonds is 1. The van der Waals surface area contributed by atoms with Gasteiger partial charge in [-0.15, -0.1) is 0 Å². The number of aldehydes is 1. The van der Waals surface area contributed by atoms with Crippen LogP contribution in [-0.4, -0.2) is 17.2 Å². The highest BCUT2D eigenvalue weighted by Crippen LogP contribution is 2.21. The third-order valence-electron chi connectivity index (χ3n) is 1.24. The first-order chi connectivity index (χ1) is 4.64. The van der Waals surface area contributed by atoms with Crippen molar-refractivity contribution in [2.24, 2.45) is 0 Å². The van der Waals surface area contributed by atoms with Gasteiger partial charge in [0.15, 0.2) is 0 Å². The van der Waals surface area contributed by atoms with Crippen LogP contribution in [0.3, 0.4) is 0 Å². The van der Waals surface area contributed by atoms with Crippen LogP contribution in [0.4, 0.5) is 4.39 Å². The molecule has 0 radical (unpaired) electrons. The average molecular weight is 142 g/mol. The third-order valence-corrected chi connectivity index (χ3v) is 1.24. The van der Waals surface area contributed by atoms with Crippen molar-refractivity contribution in [1.82, 2.24) is 0 Å². The van der Waals surface area contributed by atoms with E-state index in [9.17, 15) is 9.18 Å². The van der Waals surface area contributed by atoms with Gasteiger partial charge >= 0.3 is 0 Å². The molecular formula is C7H7FO2. The molecule has 54 valence electrons. The molecule has 0 saturated heterocycles. The van der Waals surface area contributed by atoms with Gasteiger partial charge in [0.1, 0.15) is 6.29 Å². The summed E-state index contributed by atoms with van der Waals surface area (Å²) in [6.07, 6.45) is 4.22. The summed E-state index contributed by atoms with van der Waals surface area (Å²) in [7, 11) is 0. The lowest BCUT2D eigenvalue weighted by molar-refractivity contribution is -0.105. The zero-order chi connectivity index (χ0) is 7.61. The normalized spacial score (nSPS) is 31.6. The molecule has 1 aliphatic rings. The van der Waals surface area contributed by atoms with E-state index in [0.29, 0.717) is 6.29 Å². The smallest absolute Gasteiger partial charge is 0.230 e. The minimum Gasteiger partial charge on any atom is -0.358 e. The van der Waals surface area contributed by atoms with Crippen LogP contribution in [-0.2, 0) is 4.79 Å². The number of carbonyl (C=O) groups is 1. The summed E-state index contributed by atoms with van der Waals surface area (Å²) in [4.78, 5) is 10.1. The summed E-state index contributed by atoms with van der Waals surface area (Å²) in [6.45, 7) is 0. The lowest BCUT2D eigenvalue weighted by Crippen LogP contribution is -2.20. The molecule has 0 aromatic rings. The van der Waals surface area contributed by atoms with Crippen molar-refractivity contribution in [3.8, 4) is 0 Å². The highest BCUT2D eigenvalue weighted by atomic mass is 19.2. The van der Waals surface area contributed by atoms with Crippen LogP contribution in [0.5, 0.6) is 0 Å². The van der Waals surface area contributed by atoms with E-state index in [2.05, 4.69) is 0 Å². The molecule has 0 bridgehead atoms. The Kier molecular flexibility index (Phi) is 1.68. The Hall–Kier alpha value is -0.960. The van der Waals surface area contributed by atoms with E-state index in [-0.39, 0.29) is 12.0 Å². The zero-order valence-electron chi connectivity index (χ0n) is 5.25. The van der Waals surface area contributed by atoms with Gasteiger partial charge in [0.25, 0.3) is 0 Å². The predicted octanol–water partition coefficient (Wildman–Crippen LogP) is 0.730. The van der Waals surface area contributed by atoms with Gasteiger partial charge in [-0.25, -0.2) is 4.39 Å². The molecule has 1 aliphatic carbocycles. The zero-order valence-corrected chi connectivity index (χ0v) is 5.25. The van der Waals surface area contributed by atoms with Gasteiger partial charge in [0.2, 0.25) is 5.85 Å². The van der Waals surface area contributed by atoms with Gasteiger partial charge in [-0.2, -0.15) is 0 Å². The monoisotopic (exact) mass is 142 g/mol. The number of carbonyl (C=O) groups excluding carboxylic acids is 1. The molecule has 0 aromatic heterocycles. The molecule has 1 atom stereocenters. The number of allylic oxidation sites excluding steroid dienone is 2. The second kappa shape index (κ2) is 2.34. The standard InChI is InChI=1S/C7H7FO2/c8-7(10)3-1-2-6(4-7)5-9/h1-2,4-5,10H,3H2. The van der Waals surface area contributed by atoms with Crippen LogP contribution in [0.25, 0.3) is 0 Å². The largest absolute Gasteiger partial charge is 0.358 e. The van der Waals surface area contributed by atoms with Crippen LogP contribution in [0.1, 0.15) is 6.42 Å². The van der Waals surface area contributed by atoms with E-state index in [4.69, 9.17) is 5.11 Å². The Morgan fingerprint density at radius 1 is 1.80 bits per heavy atom. The van der Waals surface area contributed by atoms with Gasteiger partial charge in [-0.1, -0.05) is 12.2 Å². The van der Waals surface area contributed by atoms with E-state index >= 15 is 0 Å². The van der Waals surface area contributed by atoms with E-state index in [1.54, 1.807) is 0 Å². The number of alkyl halides is 1. The van der Waals surface area contributed by atoms with Gasteiger partial charge in [0.05, 0.1) is 0 Å². The fourth-order valence-corrected chi connectivity index (χ4v) is 0.796. The molecule has 3 heteroatoms. The van der Waals surface area contributed by atoms with Crippen LogP contribution >= 0.6 is 0 Å². The van der Waals surface area contributed by atoms with Gasteiger partial charge in [-0.3, -0.25) is 4.79 Å². The second-order valence-corrected chi connectivity index (χ2v) is 2.19. The molecule has 2 nitrogen and oxygen atoms in total. The van der Waals surface area contributed by atoms with Crippen molar-refractivity contribution in [3.63, 3.8) is 0 Å². The van der Waals surface area contributed by atoms with Crippen molar-refractivity contribution in [3.05, 3.63) is 23.8 Å². The fourth-order valence-electron chi connectivity index (χ4n) is 0.796. The number of hydrogen-bond donors (Lipinski definition) is 1. The van der Waals surface area contributed by atoms with Crippen molar-refractivity contribution in [2.75, 3.05) is 0 Å². The molecule has 0 heterocycles. The van der Waals surface area contributed by atoms with E-state index < -0.39 is 5.85 Å². The molecule has 1 N–H and O–H groups in total. The van der Waals surface area contributed by atoms with E-state index in [1.807, 2.05) is 0 Å². The maximum atomic E-state index is 12.6. The third kappa shape index (κ3) is 1.51. The molecule has 0 amide bonds. The topological polar surface area (TPSA) is 37.3 Å². The Morgan fingerprint density at radius 2 is 2.50 bits per heavy atom. The molecule has 0 fully saturated rings. The number of halogens is 1. The van der Waals surface area contributed by atoms with Crippen molar-refractivity contribution >= 4 is 6.29 Å². The summed E-state index contributed by atoms with van der Waals surface area (Å²) < 4.78 is 12.6. The molecule has 1 unspecified atom stereocenters. The van der Waals surface area contributed by atoms with Gasteiger partial charge in [0, 0.05) is 12.0 Å². The summed E-state index contributed by atoms with van der Waals surface area (Å²) in [6, 6.07) is 0. The summed E-state index contributed by atoms with van der Waals surface area (Å²) in [5.41, 5.74) is 0.177. The summed E-state index contributed by atoms with van der Waals surface area (Å²) in [5, 5.41) is 8.72. The van der Waals surface area contributed by atoms with Crippen molar-refractivity contribution < 1.29 is 14.3 Å². The van der Waals surface area contributed by atoms with E-state index in [1.165, 1.54) is 12.2 Å². The first kappa shape index (κ1) is 7.15. The van der Waals surface area contributed by atoms with Crippen molar-refractivity contribution in [1.29, 1.82) is 0 Å². The summed E-state index contributed by atoms with van der Waals surface area (Å²) in [5.74, 6) is -2.33. The average Bonchev–Trinajstić information content (AvgIpc) is 1.86. The molecule has 1 rings (SSSR count). The first-order valence-electron chi connectivity index (χ1n) is 2.90. The lowest BCUT2D eigenvalue weighted by Gasteiger charge is -2.15. The Labute approximate surface area is 57.7 Å². The molecular weight excluding hydrogens is 135 g/mol. The molecule has 0 aliphatic heterocycles. The molecule has 0 aromatic carbocycles. The van der Waals surface area contributed by atoms with E-state index in [0.717, 1.165) is 6.08 Å². The highest BCUT2D eigenvalue weighted by Gasteiger charge is 2.23. The van der Waals surface area contributed by atoms with Crippen LogP contribution in [0, 0.1) is 0 Å². The lowest BCUT2D eigenvalue weighted by atomic mass is 10.0. The highest BCUT2D eigenvalue weighted by molar-refractivity contribution is 5.78. The van der Waals surface area contributed by atoms with Crippen molar-refractivity contribution in [2.45, 2.75) is 12.3 Å². The van der Waals surface area contributed by atoms with Crippen LogP contribution in [0.15, 0.2) is 23.8 Å². The SMILES string of the molecule is O=CC1=CC(O)(F)CC=C1. The minimum atomic E-state index is -2.33. The number of hydrogen-bond acceptors (Lipinski definition) is 2. The Balaban J connectivity index is 2.84. The minimum absolute atomic E-state index is 0.0790. The predicted molar refractivity (Wildman–Crippen MR) is 34.0 cm³/mol. The first-order valence-corrected chi connectivity index (χ1v) is 2.90. The molecule has 0 saturated carbocycles.